The molecule has 0 radical (unpaired) electrons. The van der Waals surface area contributed by atoms with Crippen molar-refractivity contribution in [2.24, 2.45) is 28.6 Å². The molecule has 6 aliphatic rings. The quantitative estimate of drug-likeness (QED) is 0.158. The lowest BCUT2D eigenvalue weighted by Crippen LogP contribution is -2.64. The lowest BCUT2D eigenvalue weighted by atomic mass is 9.58. The zero-order valence-corrected chi connectivity index (χ0v) is 20.4. The molecule has 206 valence electrons. The number of fused-ring (bicyclic) bond motifs is 1. The number of aliphatic hydroxyl groups excluding tert-OH is 5. The fraction of sp³-hybridized carbons (Fsp3) is 0.840. The van der Waals surface area contributed by atoms with Crippen molar-refractivity contribution in [1.29, 1.82) is 0 Å². The van der Waals surface area contributed by atoms with Crippen LogP contribution in [-0.2, 0) is 23.8 Å². The minimum absolute atomic E-state index is 0.109. The summed E-state index contributed by atoms with van der Waals surface area (Å²) < 4.78 is 17.5. The zero-order chi connectivity index (χ0) is 26.9. The van der Waals surface area contributed by atoms with Crippen molar-refractivity contribution >= 4 is 11.9 Å². The molecule has 6 rings (SSSR count). The molecular formula is C25H34O12. The van der Waals surface area contributed by atoms with Crippen LogP contribution in [0.25, 0.3) is 0 Å². The van der Waals surface area contributed by atoms with E-state index >= 15 is 0 Å². The van der Waals surface area contributed by atoms with Gasteiger partial charge in [0.1, 0.15) is 41.5 Å². The van der Waals surface area contributed by atoms with Gasteiger partial charge in [-0.15, -0.1) is 0 Å². The van der Waals surface area contributed by atoms with Crippen LogP contribution in [0.1, 0.15) is 39.0 Å². The molecule has 12 heteroatoms. The van der Waals surface area contributed by atoms with Gasteiger partial charge in [0.2, 0.25) is 0 Å². The summed E-state index contributed by atoms with van der Waals surface area (Å²) in [6.45, 7) is 4.83. The maximum Gasteiger partial charge on any atom is 0.315 e. The molecule has 0 amide bonds. The normalized spacial score (nSPS) is 58.1. The van der Waals surface area contributed by atoms with Crippen molar-refractivity contribution < 1.29 is 59.5 Å². The Bertz CT molecular complexity index is 1050. The van der Waals surface area contributed by atoms with Gasteiger partial charge in [-0.25, -0.2) is 0 Å². The first-order valence-corrected chi connectivity index (χ1v) is 12.8. The van der Waals surface area contributed by atoms with Gasteiger partial charge in [-0.1, -0.05) is 6.58 Å². The Balaban J connectivity index is 1.42. The first kappa shape index (κ1) is 25.6. The minimum atomic E-state index is -1.77. The maximum atomic E-state index is 13.6. The van der Waals surface area contributed by atoms with E-state index in [4.69, 9.17) is 14.2 Å². The topological polar surface area (TPSA) is 203 Å². The van der Waals surface area contributed by atoms with Gasteiger partial charge in [-0.3, -0.25) is 9.59 Å². The molecule has 12 nitrogen and oxygen atoms in total. The molecule has 7 N–H and O–H groups in total. The van der Waals surface area contributed by atoms with Crippen LogP contribution in [0.15, 0.2) is 12.2 Å². The number of carbonyl (C=O) groups excluding carboxylic acids is 1. The molecule has 0 aromatic heterocycles. The molecule has 2 heterocycles. The summed E-state index contributed by atoms with van der Waals surface area (Å²) in [4.78, 5) is 26.5. The molecule has 4 aliphatic carbocycles. The third kappa shape index (κ3) is 2.90. The lowest BCUT2D eigenvalue weighted by molar-refractivity contribution is -0.330. The molecule has 2 aliphatic heterocycles. The Morgan fingerprint density at radius 1 is 1.19 bits per heavy atom. The van der Waals surface area contributed by atoms with Crippen LogP contribution in [-0.4, -0.2) is 108 Å². The molecule has 0 unspecified atom stereocenters. The SMILES string of the molecule is C=C1C[C@]23C[C@@]1(O)CC[C@H]2[C@@]12C[C@H](O)[C@H](O[C@@H]4O[C@H](CO)[C@@H](O)[C@H](O)[C@H]4O)[C@@](C)(C(=O)O1)[C@H]2[C@@H]3C(=O)O. The van der Waals surface area contributed by atoms with Gasteiger partial charge in [0.15, 0.2) is 6.29 Å². The van der Waals surface area contributed by atoms with Crippen molar-refractivity contribution in [1.82, 2.24) is 0 Å². The van der Waals surface area contributed by atoms with Crippen LogP contribution in [0.5, 0.6) is 0 Å². The van der Waals surface area contributed by atoms with E-state index in [1.807, 2.05) is 0 Å². The van der Waals surface area contributed by atoms with Crippen molar-refractivity contribution in [2.45, 2.75) is 93.1 Å². The van der Waals surface area contributed by atoms with Crippen LogP contribution >= 0.6 is 0 Å². The first-order chi connectivity index (χ1) is 17.3. The molecule has 2 saturated heterocycles. The highest BCUT2D eigenvalue weighted by Gasteiger charge is 2.85. The molecule has 4 saturated carbocycles. The first-order valence-electron chi connectivity index (χ1n) is 12.8. The largest absolute Gasteiger partial charge is 0.481 e. The minimum Gasteiger partial charge on any atom is -0.481 e. The summed E-state index contributed by atoms with van der Waals surface area (Å²) in [5.74, 6) is -4.31. The van der Waals surface area contributed by atoms with Crippen molar-refractivity contribution in [3.63, 3.8) is 0 Å². The number of hydrogen-bond donors (Lipinski definition) is 7. The lowest BCUT2D eigenvalue weighted by Gasteiger charge is -2.49. The van der Waals surface area contributed by atoms with E-state index in [1.165, 1.54) is 6.92 Å². The standard InChI is InChI=1S/C25H34O12/c1-9-5-23-8-24(9,34)4-3-12(23)25-6-10(27)18(22(2,21(33)37-25)17(25)13(23)19(31)32)36-20-16(30)15(29)14(28)11(7-26)35-20/h10-18,20,26-30,34H,1,3-8H2,2H3,(H,31,32)/t10-,11+,12+,13+,14+,15-,16+,17+,18-,20-,22-,23-,24-,25+/m0/s1. The van der Waals surface area contributed by atoms with Crippen molar-refractivity contribution in [3.8, 4) is 0 Å². The average Bonchev–Trinajstić information content (AvgIpc) is 3.25. The van der Waals surface area contributed by atoms with E-state index in [0.717, 1.165) is 0 Å². The number of carboxylic acid groups (broad SMARTS) is 1. The van der Waals surface area contributed by atoms with Crippen LogP contribution in [0.4, 0.5) is 0 Å². The number of rotatable bonds is 4. The molecular weight excluding hydrogens is 492 g/mol. The Morgan fingerprint density at radius 2 is 1.89 bits per heavy atom. The Kier molecular flexibility index (Phi) is 5.35. The van der Waals surface area contributed by atoms with E-state index in [1.54, 1.807) is 0 Å². The van der Waals surface area contributed by atoms with E-state index in [2.05, 4.69) is 6.58 Å². The predicted octanol–water partition coefficient (Wildman–Crippen LogP) is -1.95. The summed E-state index contributed by atoms with van der Waals surface area (Å²) in [7, 11) is 0. The highest BCUT2D eigenvalue weighted by Crippen LogP contribution is 2.78. The number of carboxylic acids is 1. The monoisotopic (exact) mass is 526 g/mol. The fourth-order valence-corrected chi connectivity index (χ4v) is 9.25. The molecule has 14 atom stereocenters. The summed E-state index contributed by atoms with van der Waals surface area (Å²) in [6.07, 6.45) is -9.64. The van der Waals surface area contributed by atoms with Gasteiger partial charge < -0.3 is 50.0 Å². The Morgan fingerprint density at radius 3 is 2.54 bits per heavy atom. The predicted molar refractivity (Wildman–Crippen MR) is 119 cm³/mol. The molecule has 0 aromatic rings. The number of aliphatic hydroxyl groups is 6. The van der Waals surface area contributed by atoms with Gasteiger partial charge in [0, 0.05) is 18.3 Å². The summed E-state index contributed by atoms with van der Waals surface area (Å²) in [5.41, 5.74) is -4.49. The zero-order valence-electron chi connectivity index (χ0n) is 20.4. The third-order valence-electron chi connectivity index (χ3n) is 10.7. The summed E-state index contributed by atoms with van der Waals surface area (Å²) >= 11 is 0. The highest BCUT2D eigenvalue weighted by atomic mass is 16.7. The molecule has 6 fully saturated rings. The van der Waals surface area contributed by atoms with E-state index in [0.29, 0.717) is 18.4 Å². The van der Waals surface area contributed by atoms with Gasteiger partial charge in [0.05, 0.1) is 24.2 Å². The summed E-state index contributed by atoms with van der Waals surface area (Å²) in [5, 5.41) is 73.5. The summed E-state index contributed by atoms with van der Waals surface area (Å²) in [6, 6.07) is 0. The molecule has 1 spiro atoms. The van der Waals surface area contributed by atoms with E-state index < -0.39 is 101 Å². The third-order valence-corrected chi connectivity index (χ3v) is 10.7. The molecule has 0 aromatic carbocycles. The maximum absolute atomic E-state index is 13.6. The van der Waals surface area contributed by atoms with Gasteiger partial charge in [-0.05, 0) is 43.6 Å². The Hall–Kier alpha value is -1.64. The second-order valence-electron chi connectivity index (χ2n) is 12.3. The average molecular weight is 527 g/mol. The highest BCUT2D eigenvalue weighted by molar-refractivity contribution is 5.85. The van der Waals surface area contributed by atoms with Gasteiger partial charge in [0.25, 0.3) is 0 Å². The van der Waals surface area contributed by atoms with Crippen LogP contribution < -0.4 is 0 Å². The van der Waals surface area contributed by atoms with Crippen molar-refractivity contribution in [3.05, 3.63) is 12.2 Å². The number of aliphatic carboxylic acids is 1. The van der Waals surface area contributed by atoms with Crippen molar-refractivity contribution in [2.75, 3.05) is 6.61 Å². The van der Waals surface area contributed by atoms with Gasteiger partial charge in [-0.2, -0.15) is 0 Å². The number of esters is 1. The fourth-order valence-electron chi connectivity index (χ4n) is 9.25. The molecule has 4 bridgehead atoms. The second kappa shape index (κ2) is 7.72. The number of ether oxygens (including phenoxy) is 3. The smallest absolute Gasteiger partial charge is 0.315 e. The molecule has 37 heavy (non-hydrogen) atoms. The van der Waals surface area contributed by atoms with E-state index in [-0.39, 0.29) is 19.3 Å². The van der Waals surface area contributed by atoms with Gasteiger partial charge >= 0.3 is 11.9 Å². The Labute approximate surface area is 212 Å². The van der Waals surface area contributed by atoms with E-state index in [9.17, 15) is 45.3 Å². The number of hydrogen-bond acceptors (Lipinski definition) is 11. The van der Waals surface area contributed by atoms with Crippen LogP contribution in [0, 0.1) is 28.6 Å². The number of carbonyl (C=O) groups is 2. The van der Waals surface area contributed by atoms with Crippen LogP contribution in [0.2, 0.25) is 0 Å². The van der Waals surface area contributed by atoms with Crippen LogP contribution in [0.3, 0.4) is 0 Å². The second-order valence-corrected chi connectivity index (χ2v) is 12.3.